The molecule has 0 fully saturated rings. The van der Waals surface area contributed by atoms with Gasteiger partial charge < -0.3 is 9.47 Å². The average molecular weight is 544 g/mol. The van der Waals surface area contributed by atoms with E-state index in [0.29, 0.717) is 10.7 Å². The average Bonchev–Trinajstić information content (AvgIpc) is 3.08. The first kappa shape index (κ1) is 28.5. The quantitative estimate of drug-likeness (QED) is 0.221. The number of hydrogen-bond acceptors (Lipinski definition) is 6. The van der Waals surface area contributed by atoms with E-state index in [9.17, 15) is 48.7 Å². The molecule has 0 N–H and O–H groups in total. The number of esters is 1. The molecule has 196 valence electrons. The molecule has 0 saturated carbocycles. The zero-order valence-electron chi connectivity index (χ0n) is 17.4. The van der Waals surface area contributed by atoms with Gasteiger partial charge in [-0.3, -0.25) is 0 Å². The van der Waals surface area contributed by atoms with Gasteiger partial charge in [-0.15, -0.1) is 30.0 Å². The van der Waals surface area contributed by atoms with Gasteiger partial charge in [0.05, 0.1) is 12.4 Å². The third-order valence-corrected chi connectivity index (χ3v) is 5.00. The van der Waals surface area contributed by atoms with Crippen molar-refractivity contribution < 1.29 is 62.9 Å². The van der Waals surface area contributed by atoms with Crippen molar-refractivity contribution in [3.05, 3.63) is 35.3 Å². The van der Waals surface area contributed by atoms with Gasteiger partial charge in [0.1, 0.15) is 11.5 Å². The smallest absolute Gasteiger partial charge is 0.461 e. The van der Waals surface area contributed by atoms with Crippen LogP contribution in [0.5, 0.6) is 5.88 Å². The van der Waals surface area contributed by atoms with Crippen LogP contribution in [0.25, 0.3) is 5.69 Å². The van der Waals surface area contributed by atoms with Crippen LogP contribution in [-0.4, -0.2) is 53.1 Å². The number of aromatic nitrogens is 2. The number of alkyl halides is 9. The van der Waals surface area contributed by atoms with Crippen LogP contribution >= 0.6 is 11.8 Å². The van der Waals surface area contributed by atoms with Gasteiger partial charge in [-0.2, -0.15) is 22.0 Å². The molecule has 0 spiro atoms. The van der Waals surface area contributed by atoms with E-state index >= 15 is 0 Å². The maximum atomic E-state index is 14.6. The second-order valence-electron chi connectivity index (χ2n) is 6.52. The number of ether oxygens (including phenoxy) is 3. The molecule has 1 heterocycles. The summed E-state index contributed by atoms with van der Waals surface area (Å²) in [5, 5.41) is 3.33. The number of nitrogens with zero attached hydrogens (tertiary/aromatic N) is 2. The van der Waals surface area contributed by atoms with E-state index in [2.05, 4.69) is 19.3 Å². The fourth-order valence-corrected chi connectivity index (χ4v) is 3.24. The summed E-state index contributed by atoms with van der Waals surface area (Å²) in [5.41, 5.74) is -1.47. The number of hydrogen-bond donors (Lipinski definition) is 0. The normalized spacial score (nSPS) is 13.6. The summed E-state index contributed by atoms with van der Waals surface area (Å²) in [6.07, 6.45) is -20.0. The third-order valence-electron chi connectivity index (χ3n) is 3.78. The van der Waals surface area contributed by atoms with Gasteiger partial charge in [0.15, 0.2) is 5.69 Å². The van der Waals surface area contributed by atoms with Gasteiger partial charge in [-0.05, 0) is 31.5 Å². The fourth-order valence-electron chi connectivity index (χ4n) is 2.43. The topological polar surface area (TPSA) is 62.6 Å². The molecule has 35 heavy (non-hydrogen) atoms. The van der Waals surface area contributed by atoms with E-state index in [1.807, 2.05) is 0 Å². The van der Waals surface area contributed by atoms with Gasteiger partial charge in [0, 0.05) is 11.0 Å². The molecule has 0 aliphatic carbocycles. The number of benzene rings is 1. The Kier molecular flexibility index (Phi) is 8.57. The molecule has 0 bridgehead atoms. The minimum Gasteiger partial charge on any atom is -0.461 e. The van der Waals surface area contributed by atoms with Gasteiger partial charge >= 0.3 is 31.0 Å². The molecule has 17 heteroatoms. The molecule has 6 nitrogen and oxygen atoms in total. The van der Waals surface area contributed by atoms with E-state index in [1.165, 1.54) is 13.8 Å². The van der Waals surface area contributed by atoms with Crippen LogP contribution in [-0.2, 0) is 9.47 Å². The first-order valence-corrected chi connectivity index (χ1v) is 10.1. The van der Waals surface area contributed by atoms with E-state index in [1.54, 1.807) is 0 Å². The zero-order valence-corrected chi connectivity index (χ0v) is 18.3. The molecule has 2 aromatic rings. The van der Waals surface area contributed by atoms with Crippen molar-refractivity contribution in [2.24, 2.45) is 0 Å². The van der Waals surface area contributed by atoms with Gasteiger partial charge in [-0.25, -0.2) is 23.0 Å². The summed E-state index contributed by atoms with van der Waals surface area (Å²) >= 11 is 0.249. The van der Waals surface area contributed by atoms with Crippen molar-refractivity contribution in [1.82, 2.24) is 9.78 Å². The minimum absolute atomic E-state index is 0.0536. The number of aryl methyl sites for hydroxylation is 1. The molecular weight excluding hydrogens is 530 g/mol. The highest BCUT2D eigenvalue weighted by Gasteiger charge is 2.51. The second-order valence-corrected chi connectivity index (χ2v) is 7.53. The maximum absolute atomic E-state index is 14.6. The van der Waals surface area contributed by atoms with Crippen LogP contribution in [0.15, 0.2) is 23.1 Å². The highest BCUT2D eigenvalue weighted by atomic mass is 32.2. The Morgan fingerprint density at radius 2 is 1.74 bits per heavy atom. The molecule has 0 radical (unpaired) electrons. The number of carbonyl (C=O) groups is 1. The predicted octanol–water partition coefficient (Wildman–Crippen LogP) is 5.95. The SMILES string of the molecule is CCOC(=O)c1cc(OC(F)(F)C(F)OC(F)(F)F)nn1-c1cc(SCC(F)(F)F)c(C)cc1F. The molecule has 1 aromatic heterocycles. The first-order chi connectivity index (χ1) is 15.9. The Morgan fingerprint density at radius 3 is 2.29 bits per heavy atom. The summed E-state index contributed by atoms with van der Waals surface area (Å²) in [4.78, 5) is 12.1. The van der Waals surface area contributed by atoms with Crippen LogP contribution < -0.4 is 4.74 Å². The molecule has 0 saturated heterocycles. The lowest BCUT2D eigenvalue weighted by molar-refractivity contribution is -0.411. The highest BCUT2D eigenvalue weighted by molar-refractivity contribution is 7.99. The van der Waals surface area contributed by atoms with E-state index in [-0.39, 0.29) is 28.8 Å². The van der Waals surface area contributed by atoms with Gasteiger partial charge in [0.25, 0.3) is 0 Å². The molecule has 1 atom stereocenters. The predicted molar refractivity (Wildman–Crippen MR) is 98.6 cm³/mol. The van der Waals surface area contributed by atoms with Crippen LogP contribution in [0.1, 0.15) is 23.0 Å². The maximum Gasteiger partial charge on any atom is 0.525 e. The van der Waals surface area contributed by atoms with Crippen molar-refractivity contribution in [3.63, 3.8) is 0 Å². The van der Waals surface area contributed by atoms with Crippen LogP contribution in [0.3, 0.4) is 0 Å². The van der Waals surface area contributed by atoms with Crippen LogP contribution in [0.4, 0.5) is 43.9 Å². The summed E-state index contributed by atoms with van der Waals surface area (Å²) in [7, 11) is 0. The zero-order chi connectivity index (χ0) is 26.8. The molecule has 0 amide bonds. The van der Waals surface area contributed by atoms with Crippen LogP contribution in [0, 0.1) is 12.7 Å². The summed E-state index contributed by atoms with van der Waals surface area (Å²) in [6, 6.07) is 1.98. The molecule has 0 aliphatic rings. The molecule has 1 aromatic carbocycles. The van der Waals surface area contributed by atoms with Crippen molar-refractivity contribution in [2.75, 3.05) is 12.4 Å². The van der Waals surface area contributed by atoms with E-state index in [4.69, 9.17) is 0 Å². The number of halogens is 10. The first-order valence-electron chi connectivity index (χ1n) is 9.16. The number of rotatable bonds is 9. The lowest BCUT2D eigenvalue weighted by atomic mass is 10.2. The Hall–Kier alpha value is -2.69. The van der Waals surface area contributed by atoms with Gasteiger partial charge in [0.2, 0.25) is 5.88 Å². The van der Waals surface area contributed by atoms with Crippen molar-refractivity contribution in [1.29, 1.82) is 0 Å². The Bertz CT molecular complexity index is 1060. The molecular formula is C18H14F10N2O4S. The lowest BCUT2D eigenvalue weighted by Crippen LogP contribution is -2.41. The number of carbonyl (C=O) groups excluding carboxylic acids is 1. The third kappa shape index (κ3) is 7.91. The van der Waals surface area contributed by atoms with Gasteiger partial charge in [-0.1, -0.05) is 0 Å². The van der Waals surface area contributed by atoms with E-state index in [0.717, 1.165) is 12.1 Å². The summed E-state index contributed by atoms with van der Waals surface area (Å²) < 4.78 is 141. The molecule has 0 aliphatic heterocycles. The summed E-state index contributed by atoms with van der Waals surface area (Å²) in [5.74, 6) is -5.20. The summed E-state index contributed by atoms with van der Waals surface area (Å²) in [6.45, 7) is 2.34. The molecule has 2 rings (SSSR count). The Labute approximate surface area is 194 Å². The molecule has 1 unspecified atom stereocenters. The van der Waals surface area contributed by atoms with Crippen molar-refractivity contribution >= 4 is 17.7 Å². The Morgan fingerprint density at radius 1 is 1.11 bits per heavy atom. The Balaban J connectivity index is 2.51. The number of thioether (sulfide) groups is 1. The largest absolute Gasteiger partial charge is 0.525 e. The standard InChI is InChI=1S/C18H14F10N2O4S/c1-3-32-14(31)11-6-13(33-17(24,25)15(20)34-18(26,27)28)29-30(11)10-5-12(8(2)4-9(10)19)35-7-16(21,22)23/h4-6,15H,3,7H2,1-2H3. The van der Waals surface area contributed by atoms with Crippen molar-refractivity contribution in [2.45, 2.75) is 43.7 Å². The monoisotopic (exact) mass is 544 g/mol. The van der Waals surface area contributed by atoms with Crippen molar-refractivity contribution in [3.8, 4) is 11.6 Å². The minimum atomic E-state index is -5.79. The highest BCUT2D eigenvalue weighted by Crippen LogP contribution is 2.35. The van der Waals surface area contributed by atoms with Crippen LogP contribution in [0.2, 0.25) is 0 Å². The van der Waals surface area contributed by atoms with E-state index < -0.39 is 59.8 Å². The lowest BCUT2D eigenvalue weighted by Gasteiger charge is -2.20. The fraction of sp³-hybridized carbons (Fsp3) is 0.444. The second kappa shape index (κ2) is 10.5.